The summed E-state index contributed by atoms with van der Waals surface area (Å²) >= 11 is 0. The van der Waals surface area contributed by atoms with Crippen LogP contribution in [0.5, 0.6) is 5.75 Å². The number of nitrogens with zero attached hydrogens (tertiary/aromatic N) is 3. The predicted molar refractivity (Wildman–Crippen MR) is 119 cm³/mol. The number of hydrogen-bond acceptors (Lipinski definition) is 4. The zero-order valence-electron chi connectivity index (χ0n) is 18.2. The lowest BCUT2D eigenvalue weighted by molar-refractivity contribution is 0.102. The molecule has 1 aliphatic carbocycles. The first-order chi connectivity index (χ1) is 14.4. The van der Waals surface area contributed by atoms with Gasteiger partial charge in [-0.1, -0.05) is 19.9 Å². The lowest BCUT2D eigenvalue weighted by Gasteiger charge is -2.30. The third kappa shape index (κ3) is 4.18. The van der Waals surface area contributed by atoms with Crippen LogP contribution in [0.25, 0.3) is 10.9 Å². The Bertz CT molecular complexity index is 1050. The summed E-state index contributed by atoms with van der Waals surface area (Å²) in [6, 6.07) is 9.67. The number of carbonyl (C=O) groups is 1. The van der Waals surface area contributed by atoms with Crippen molar-refractivity contribution in [2.24, 2.45) is 11.8 Å². The van der Waals surface area contributed by atoms with Gasteiger partial charge < -0.3 is 10.1 Å². The molecule has 1 N–H and O–H groups in total. The van der Waals surface area contributed by atoms with Crippen LogP contribution in [0.3, 0.4) is 0 Å². The maximum absolute atomic E-state index is 12.7. The fourth-order valence-electron chi connectivity index (χ4n) is 4.41. The molecule has 3 aromatic rings. The summed E-state index contributed by atoms with van der Waals surface area (Å²) in [6.45, 7) is 6.51. The summed E-state index contributed by atoms with van der Waals surface area (Å²) < 4.78 is 7.63. The molecule has 1 saturated carbocycles. The molecular weight excluding hydrogens is 376 g/mol. The summed E-state index contributed by atoms with van der Waals surface area (Å²) in [4.78, 5) is 17.0. The van der Waals surface area contributed by atoms with Gasteiger partial charge in [-0.2, -0.15) is 5.10 Å². The molecule has 1 aromatic carbocycles. The second-order valence-electron chi connectivity index (χ2n) is 8.65. The fourth-order valence-corrected chi connectivity index (χ4v) is 4.41. The van der Waals surface area contributed by atoms with Gasteiger partial charge in [0.25, 0.3) is 5.91 Å². The maximum Gasteiger partial charge on any atom is 0.274 e. The molecular formula is C24H30N4O2. The van der Waals surface area contributed by atoms with Crippen LogP contribution in [0.1, 0.15) is 61.8 Å². The molecule has 158 valence electrons. The number of rotatable bonds is 5. The van der Waals surface area contributed by atoms with E-state index in [2.05, 4.69) is 35.0 Å². The van der Waals surface area contributed by atoms with Crippen LogP contribution in [-0.4, -0.2) is 27.8 Å². The van der Waals surface area contributed by atoms with E-state index >= 15 is 0 Å². The minimum Gasteiger partial charge on any atom is -0.494 e. The molecule has 30 heavy (non-hydrogen) atoms. The van der Waals surface area contributed by atoms with E-state index < -0.39 is 0 Å². The van der Waals surface area contributed by atoms with Crippen molar-refractivity contribution < 1.29 is 9.53 Å². The molecule has 6 nitrogen and oxygen atoms in total. The Morgan fingerprint density at radius 2 is 1.97 bits per heavy atom. The number of methoxy groups -OCH3 is 1. The summed E-state index contributed by atoms with van der Waals surface area (Å²) in [7, 11) is 1.60. The molecule has 0 atom stereocenters. The fraction of sp³-hybridized carbons (Fsp3) is 0.458. The second kappa shape index (κ2) is 8.46. The molecule has 2 heterocycles. The highest BCUT2D eigenvalue weighted by atomic mass is 16.5. The lowest BCUT2D eigenvalue weighted by Crippen LogP contribution is -2.21. The quantitative estimate of drug-likeness (QED) is 0.617. The number of pyridine rings is 1. The van der Waals surface area contributed by atoms with Crippen molar-refractivity contribution in [2.45, 2.75) is 52.5 Å². The number of fused-ring (bicyclic) bond motifs is 1. The summed E-state index contributed by atoms with van der Waals surface area (Å²) in [6.07, 6.45) is 6.93. The number of carbonyl (C=O) groups excluding carboxylic acids is 1. The van der Waals surface area contributed by atoms with E-state index in [9.17, 15) is 4.79 Å². The summed E-state index contributed by atoms with van der Waals surface area (Å²) in [5.41, 5.74) is 2.69. The van der Waals surface area contributed by atoms with Gasteiger partial charge in [-0.15, -0.1) is 0 Å². The number of anilines is 1. The van der Waals surface area contributed by atoms with E-state index in [0.29, 0.717) is 23.2 Å². The highest BCUT2D eigenvalue weighted by Gasteiger charge is 2.25. The van der Waals surface area contributed by atoms with E-state index in [0.717, 1.165) is 41.3 Å². The number of aryl methyl sites for hydroxylation is 1. The van der Waals surface area contributed by atoms with Gasteiger partial charge in [0.05, 0.1) is 24.4 Å². The first kappa shape index (κ1) is 20.4. The van der Waals surface area contributed by atoms with Gasteiger partial charge in [-0.3, -0.25) is 9.48 Å². The number of aromatic nitrogens is 3. The van der Waals surface area contributed by atoms with Crippen molar-refractivity contribution >= 4 is 22.5 Å². The highest BCUT2D eigenvalue weighted by molar-refractivity contribution is 6.05. The molecule has 0 radical (unpaired) electrons. The zero-order chi connectivity index (χ0) is 21.3. The van der Waals surface area contributed by atoms with Crippen molar-refractivity contribution in [3.05, 3.63) is 47.9 Å². The number of amides is 1. The molecule has 0 aliphatic heterocycles. The van der Waals surface area contributed by atoms with Crippen molar-refractivity contribution in [1.29, 1.82) is 0 Å². The molecule has 0 unspecified atom stereocenters. The standard InChI is InChI=1S/C24H30N4O2/c1-15(2)17-8-10-19(11-9-17)28-14-18-12-22(23(30-4)13-21(18)27-28)26-24(29)20-7-5-6-16(3)25-20/h5-7,12-15,17,19H,8-11H2,1-4H3,(H,26,29). The SMILES string of the molecule is COc1cc2nn(C3CCC(C(C)C)CC3)cc2cc1NC(=O)c1cccc(C)n1. The van der Waals surface area contributed by atoms with Crippen LogP contribution < -0.4 is 10.1 Å². The maximum atomic E-state index is 12.7. The van der Waals surface area contributed by atoms with Crippen LogP contribution in [0.15, 0.2) is 36.5 Å². The van der Waals surface area contributed by atoms with Crippen LogP contribution in [-0.2, 0) is 0 Å². The molecule has 6 heteroatoms. The molecule has 4 rings (SSSR count). The topological polar surface area (TPSA) is 69.0 Å². The average molecular weight is 407 g/mol. The smallest absolute Gasteiger partial charge is 0.274 e. The minimum absolute atomic E-state index is 0.254. The van der Waals surface area contributed by atoms with E-state index in [1.807, 2.05) is 31.2 Å². The summed E-state index contributed by atoms with van der Waals surface area (Å²) in [5.74, 6) is 1.91. The van der Waals surface area contributed by atoms with E-state index in [-0.39, 0.29) is 5.91 Å². The van der Waals surface area contributed by atoms with E-state index in [4.69, 9.17) is 9.84 Å². The van der Waals surface area contributed by atoms with Gasteiger partial charge in [0, 0.05) is 23.3 Å². The van der Waals surface area contributed by atoms with Crippen LogP contribution in [0.2, 0.25) is 0 Å². The highest BCUT2D eigenvalue weighted by Crippen LogP contribution is 2.37. The van der Waals surface area contributed by atoms with Gasteiger partial charge in [-0.25, -0.2) is 4.98 Å². The second-order valence-corrected chi connectivity index (χ2v) is 8.65. The molecule has 0 spiro atoms. The van der Waals surface area contributed by atoms with Crippen molar-refractivity contribution in [2.75, 3.05) is 12.4 Å². The Labute approximate surface area is 177 Å². The van der Waals surface area contributed by atoms with Crippen LogP contribution in [0, 0.1) is 18.8 Å². The van der Waals surface area contributed by atoms with Crippen LogP contribution >= 0.6 is 0 Å². The first-order valence-electron chi connectivity index (χ1n) is 10.8. The molecule has 2 aromatic heterocycles. The number of nitrogens with one attached hydrogen (secondary N) is 1. The normalized spacial score (nSPS) is 19.2. The van der Waals surface area contributed by atoms with Gasteiger partial charge in [0.15, 0.2) is 0 Å². The van der Waals surface area contributed by atoms with Gasteiger partial charge in [0.2, 0.25) is 0 Å². The Kier molecular flexibility index (Phi) is 5.75. The minimum atomic E-state index is -0.254. The molecule has 1 fully saturated rings. The average Bonchev–Trinajstić information content (AvgIpc) is 3.16. The Morgan fingerprint density at radius 1 is 1.20 bits per heavy atom. The van der Waals surface area contributed by atoms with Gasteiger partial charge in [-0.05, 0) is 62.6 Å². The third-order valence-corrected chi connectivity index (χ3v) is 6.27. The molecule has 1 aliphatic rings. The van der Waals surface area contributed by atoms with Crippen molar-refractivity contribution in [3.8, 4) is 5.75 Å². The van der Waals surface area contributed by atoms with Gasteiger partial charge >= 0.3 is 0 Å². The lowest BCUT2D eigenvalue weighted by atomic mass is 9.80. The first-order valence-corrected chi connectivity index (χ1v) is 10.8. The third-order valence-electron chi connectivity index (χ3n) is 6.27. The van der Waals surface area contributed by atoms with Gasteiger partial charge in [0.1, 0.15) is 11.4 Å². The van der Waals surface area contributed by atoms with Crippen LogP contribution in [0.4, 0.5) is 5.69 Å². The molecule has 1 amide bonds. The Balaban J connectivity index is 1.57. The number of benzene rings is 1. The monoisotopic (exact) mass is 406 g/mol. The number of hydrogen-bond donors (Lipinski definition) is 1. The van der Waals surface area contributed by atoms with Crippen molar-refractivity contribution in [3.63, 3.8) is 0 Å². The van der Waals surface area contributed by atoms with E-state index in [1.54, 1.807) is 13.2 Å². The van der Waals surface area contributed by atoms with E-state index in [1.165, 1.54) is 12.8 Å². The molecule has 0 saturated heterocycles. The summed E-state index contributed by atoms with van der Waals surface area (Å²) in [5, 5.41) is 8.75. The Morgan fingerprint density at radius 3 is 2.63 bits per heavy atom. The Hall–Kier alpha value is -2.89. The predicted octanol–water partition coefficient (Wildman–Crippen LogP) is 5.39. The zero-order valence-corrected chi connectivity index (χ0v) is 18.2. The number of ether oxygens (including phenoxy) is 1. The van der Waals surface area contributed by atoms with Crippen molar-refractivity contribution in [1.82, 2.24) is 14.8 Å². The largest absolute Gasteiger partial charge is 0.494 e. The molecule has 0 bridgehead atoms.